The van der Waals surface area contributed by atoms with Crippen molar-refractivity contribution in [1.82, 2.24) is 4.98 Å². The lowest BCUT2D eigenvalue weighted by molar-refractivity contribution is 0.408. The Morgan fingerprint density at radius 2 is 2.21 bits per heavy atom. The molecule has 0 unspecified atom stereocenters. The van der Waals surface area contributed by atoms with Gasteiger partial charge in [-0.2, -0.15) is 0 Å². The highest BCUT2D eigenvalue weighted by molar-refractivity contribution is 5.71. The number of hydrogen-bond acceptors (Lipinski definition) is 4. The molecule has 4 nitrogen and oxygen atoms in total. The molecule has 0 fully saturated rings. The molecule has 0 radical (unpaired) electrons. The maximum absolute atomic E-state index is 9.91. The van der Waals surface area contributed by atoms with Gasteiger partial charge in [0.2, 0.25) is 0 Å². The van der Waals surface area contributed by atoms with Gasteiger partial charge >= 0.3 is 0 Å². The van der Waals surface area contributed by atoms with Crippen molar-refractivity contribution in [3.8, 4) is 22.8 Å². The van der Waals surface area contributed by atoms with Crippen LogP contribution >= 0.6 is 0 Å². The van der Waals surface area contributed by atoms with Gasteiger partial charge in [-0.15, -0.1) is 6.58 Å². The number of methoxy groups -OCH3 is 1. The molecule has 98 valence electrons. The van der Waals surface area contributed by atoms with E-state index >= 15 is 0 Å². The SMILES string of the molecule is C=CCc1cc(-c2cccc(N)n2)c(OC)cc1O. The quantitative estimate of drug-likeness (QED) is 0.825. The predicted octanol–water partition coefficient (Wildman–Crippen LogP) is 2.77. The standard InChI is InChI=1S/C15H16N2O2/c1-3-5-10-8-11(14(19-2)9-13(10)18)12-6-4-7-15(16)17-12/h3-4,6-9,18H,1,5H2,2H3,(H2,16,17). The van der Waals surface area contributed by atoms with Gasteiger partial charge in [0.05, 0.1) is 12.8 Å². The van der Waals surface area contributed by atoms with Crippen LogP contribution in [0.1, 0.15) is 5.56 Å². The lowest BCUT2D eigenvalue weighted by atomic mass is 10.0. The number of phenols is 1. The molecule has 1 aromatic carbocycles. The van der Waals surface area contributed by atoms with Crippen molar-refractivity contribution in [2.45, 2.75) is 6.42 Å². The first-order valence-electron chi connectivity index (χ1n) is 5.89. The average Bonchev–Trinajstić information content (AvgIpc) is 2.40. The minimum absolute atomic E-state index is 0.185. The van der Waals surface area contributed by atoms with Crippen molar-refractivity contribution in [3.63, 3.8) is 0 Å². The van der Waals surface area contributed by atoms with E-state index in [1.165, 1.54) is 0 Å². The number of anilines is 1. The molecule has 0 aliphatic heterocycles. The van der Waals surface area contributed by atoms with E-state index in [2.05, 4.69) is 11.6 Å². The number of allylic oxidation sites excluding steroid dienone is 1. The lowest BCUT2D eigenvalue weighted by Gasteiger charge is -2.12. The lowest BCUT2D eigenvalue weighted by Crippen LogP contribution is -1.95. The summed E-state index contributed by atoms with van der Waals surface area (Å²) in [7, 11) is 1.55. The average molecular weight is 256 g/mol. The Kier molecular flexibility index (Phi) is 3.71. The van der Waals surface area contributed by atoms with E-state index in [0.29, 0.717) is 23.7 Å². The van der Waals surface area contributed by atoms with Gasteiger partial charge in [-0.1, -0.05) is 12.1 Å². The van der Waals surface area contributed by atoms with Crippen LogP contribution in [0.2, 0.25) is 0 Å². The largest absolute Gasteiger partial charge is 0.508 e. The smallest absolute Gasteiger partial charge is 0.131 e. The van der Waals surface area contributed by atoms with E-state index in [9.17, 15) is 5.11 Å². The summed E-state index contributed by atoms with van der Waals surface area (Å²) in [5.41, 5.74) is 7.98. The summed E-state index contributed by atoms with van der Waals surface area (Å²) < 4.78 is 5.29. The zero-order chi connectivity index (χ0) is 13.8. The second kappa shape index (κ2) is 5.44. The monoisotopic (exact) mass is 256 g/mol. The van der Waals surface area contributed by atoms with Crippen LogP contribution in [0.5, 0.6) is 11.5 Å². The van der Waals surface area contributed by atoms with Gasteiger partial charge in [-0.25, -0.2) is 4.98 Å². The van der Waals surface area contributed by atoms with E-state index in [1.54, 1.807) is 25.3 Å². The first kappa shape index (κ1) is 13.0. The molecule has 4 heteroatoms. The van der Waals surface area contributed by atoms with E-state index in [1.807, 2.05) is 18.2 Å². The molecule has 0 atom stereocenters. The van der Waals surface area contributed by atoms with E-state index in [4.69, 9.17) is 10.5 Å². The fraction of sp³-hybridized carbons (Fsp3) is 0.133. The fourth-order valence-corrected chi connectivity index (χ4v) is 1.90. The van der Waals surface area contributed by atoms with Crippen molar-refractivity contribution >= 4 is 5.82 Å². The highest BCUT2D eigenvalue weighted by Crippen LogP contribution is 2.35. The molecule has 1 heterocycles. The highest BCUT2D eigenvalue weighted by atomic mass is 16.5. The van der Waals surface area contributed by atoms with E-state index < -0.39 is 0 Å². The fourth-order valence-electron chi connectivity index (χ4n) is 1.90. The third-order valence-corrected chi connectivity index (χ3v) is 2.81. The van der Waals surface area contributed by atoms with Crippen molar-refractivity contribution < 1.29 is 9.84 Å². The number of nitrogens with two attached hydrogens (primary N) is 1. The zero-order valence-corrected chi connectivity index (χ0v) is 10.8. The maximum atomic E-state index is 9.91. The molecular formula is C15H16N2O2. The maximum Gasteiger partial charge on any atom is 0.131 e. The first-order valence-corrected chi connectivity index (χ1v) is 5.89. The number of pyridine rings is 1. The number of phenolic OH excluding ortho intramolecular Hbond substituents is 1. The Labute approximate surface area is 112 Å². The van der Waals surface area contributed by atoms with Crippen molar-refractivity contribution in [1.29, 1.82) is 0 Å². The van der Waals surface area contributed by atoms with Crippen molar-refractivity contribution in [3.05, 3.63) is 48.6 Å². The number of aromatic nitrogens is 1. The Balaban J connectivity index is 2.60. The summed E-state index contributed by atoms with van der Waals surface area (Å²) >= 11 is 0. The number of rotatable bonds is 4. The van der Waals surface area contributed by atoms with Gasteiger partial charge in [-0.05, 0) is 30.2 Å². The van der Waals surface area contributed by atoms with Gasteiger partial charge in [0.25, 0.3) is 0 Å². The number of benzene rings is 1. The van der Waals surface area contributed by atoms with Gasteiger partial charge in [-0.3, -0.25) is 0 Å². The summed E-state index contributed by atoms with van der Waals surface area (Å²) in [4.78, 5) is 4.27. The molecule has 1 aromatic heterocycles. The number of aromatic hydroxyl groups is 1. The Bertz CT molecular complexity index is 609. The van der Waals surface area contributed by atoms with E-state index in [-0.39, 0.29) is 5.75 Å². The Morgan fingerprint density at radius 3 is 2.84 bits per heavy atom. The van der Waals surface area contributed by atoms with Crippen LogP contribution in [0.4, 0.5) is 5.82 Å². The zero-order valence-electron chi connectivity index (χ0n) is 10.8. The molecule has 0 aliphatic carbocycles. The van der Waals surface area contributed by atoms with Gasteiger partial charge in [0.15, 0.2) is 0 Å². The molecule has 2 aromatic rings. The molecule has 0 aliphatic rings. The van der Waals surface area contributed by atoms with Crippen LogP contribution in [0.3, 0.4) is 0 Å². The Morgan fingerprint density at radius 1 is 1.42 bits per heavy atom. The molecule has 0 saturated carbocycles. The summed E-state index contributed by atoms with van der Waals surface area (Å²) in [5, 5.41) is 9.91. The second-order valence-corrected chi connectivity index (χ2v) is 4.12. The van der Waals surface area contributed by atoms with Gasteiger partial charge in [0, 0.05) is 11.6 Å². The molecule has 0 spiro atoms. The predicted molar refractivity (Wildman–Crippen MR) is 76.2 cm³/mol. The summed E-state index contributed by atoms with van der Waals surface area (Å²) in [6.45, 7) is 3.68. The summed E-state index contributed by atoms with van der Waals surface area (Å²) in [5.74, 6) is 1.19. The number of nitrogen functional groups attached to an aromatic ring is 1. The highest BCUT2D eigenvalue weighted by Gasteiger charge is 2.12. The topological polar surface area (TPSA) is 68.4 Å². The van der Waals surface area contributed by atoms with Crippen LogP contribution in [-0.2, 0) is 6.42 Å². The third-order valence-electron chi connectivity index (χ3n) is 2.81. The molecule has 3 N–H and O–H groups in total. The summed E-state index contributed by atoms with van der Waals surface area (Å²) in [6, 6.07) is 8.83. The van der Waals surface area contributed by atoms with Crippen molar-refractivity contribution in [2.24, 2.45) is 0 Å². The molecule has 0 amide bonds. The molecule has 2 rings (SSSR count). The Hall–Kier alpha value is -2.49. The molecule has 0 bridgehead atoms. The molecule has 19 heavy (non-hydrogen) atoms. The van der Waals surface area contributed by atoms with Crippen LogP contribution in [0.25, 0.3) is 11.3 Å². The minimum atomic E-state index is 0.185. The van der Waals surface area contributed by atoms with Crippen LogP contribution in [0.15, 0.2) is 43.0 Å². The number of ether oxygens (including phenoxy) is 1. The van der Waals surface area contributed by atoms with Gasteiger partial charge < -0.3 is 15.6 Å². The summed E-state index contributed by atoms with van der Waals surface area (Å²) in [6.07, 6.45) is 2.31. The van der Waals surface area contributed by atoms with Crippen LogP contribution in [0, 0.1) is 0 Å². The molecular weight excluding hydrogens is 240 g/mol. The number of nitrogens with zero attached hydrogens (tertiary/aromatic N) is 1. The third kappa shape index (κ3) is 2.68. The number of hydrogen-bond donors (Lipinski definition) is 2. The normalized spacial score (nSPS) is 10.2. The first-order chi connectivity index (χ1) is 9.15. The minimum Gasteiger partial charge on any atom is -0.508 e. The second-order valence-electron chi connectivity index (χ2n) is 4.12. The van der Waals surface area contributed by atoms with Gasteiger partial charge in [0.1, 0.15) is 17.3 Å². The van der Waals surface area contributed by atoms with E-state index in [0.717, 1.165) is 11.1 Å². The molecule has 0 saturated heterocycles. The van der Waals surface area contributed by atoms with Crippen LogP contribution in [-0.4, -0.2) is 17.2 Å². The van der Waals surface area contributed by atoms with Crippen molar-refractivity contribution in [2.75, 3.05) is 12.8 Å². The van der Waals surface area contributed by atoms with Crippen LogP contribution < -0.4 is 10.5 Å².